The number of carbonyl (C=O) groups excluding carboxylic acids is 1. The number of aryl methyl sites for hydroxylation is 4. The maximum Gasteiger partial charge on any atom is 0.333 e. The summed E-state index contributed by atoms with van der Waals surface area (Å²) >= 11 is 0. The van der Waals surface area contributed by atoms with Crippen LogP contribution in [0.25, 0.3) is 6.08 Å². The van der Waals surface area contributed by atoms with Crippen molar-refractivity contribution >= 4 is 12.0 Å². The summed E-state index contributed by atoms with van der Waals surface area (Å²) in [5.74, 6) is -0.232. The topological polar surface area (TPSA) is 26.3 Å². The molecule has 2 aromatic rings. The molecule has 0 unspecified atom stereocenters. The average molecular weight is 320 g/mol. The zero-order chi connectivity index (χ0) is 16.9. The number of carbonyl (C=O) groups is 1. The number of esters is 1. The van der Waals surface area contributed by atoms with Crippen LogP contribution in [0.3, 0.4) is 0 Å². The Balaban J connectivity index is 1.94. The summed E-state index contributed by atoms with van der Waals surface area (Å²) < 4.78 is 5.11. The van der Waals surface area contributed by atoms with Gasteiger partial charge in [0.05, 0.1) is 6.61 Å². The normalized spacial score (nSPS) is 14.2. The van der Waals surface area contributed by atoms with E-state index >= 15 is 0 Å². The highest BCUT2D eigenvalue weighted by Crippen LogP contribution is 2.21. The Bertz CT molecular complexity index is 754. The minimum atomic E-state index is -0.232. The summed E-state index contributed by atoms with van der Waals surface area (Å²) in [5, 5.41) is 0. The van der Waals surface area contributed by atoms with Crippen LogP contribution < -0.4 is 0 Å². The van der Waals surface area contributed by atoms with Crippen molar-refractivity contribution in [2.75, 3.05) is 6.61 Å². The summed E-state index contributed by atoms with van der Waals surface area (Å²) in [6.45, 7) is 4.07. The minimum absolute atomic E-state index is 0.232. The molecule has 4 aliphatic carbocycles. The molecule has 2 nitrogen and oxygen atoms in total. The summed E-state index contributed by atoms with van der Waals surface area (Å²) in [6, 6.07) is 15.6. The van der Waals surface area contributed by atoms with Crippen molar-refractivity contribution in [3.05, 3.63) is 75.9 Å². The predicted octanol–water partition coefficient (Wildman–Crippen LogP) is 4.54. The molecule has 0 aliphatic heterocycles. The molecular weight excluding hydrogens is 296 g/mol. The molecule has 124 valence electrons. The molecule has 0 saturated heterocycles. The fraction of sp³-hybridized carbons (Fsp3) is 0.318. The fourth-order valence-electron chi connectivity index (χ4n) is 3.14. The van der Waals surface area contributed by atoms with E-state index < -0.39 is 0 Å². The van der Waals surface area contributed by atoms with Crippen LogP contribution in [0.4, 0.5) is 0 Å². The lowest BCUT2D eigenvalue weighted by molar-refractivity contribution is -0.138. The number of ether oxygens (including phenoxy) is 1. The van der Waals surface area contributed by atoms with E-state index in [1.807, 2.05) is 19.9 Å². The summed E-state index contributed by atoms with van der Waals surface area (Å²) in [5.41, 5.74) is 7.14. The van der Waals surface area contributed by atoms with Crippen LogP contribution in [0, 0.1) is 0 Å². The van der Waals surface area contributed by atoms with Gasteiger partial charge in [0.15, 0.2) is 0 Å². The Hall–Kier alpha value is -2.35. The molecule has 6 rings (SSSR count). The lowest BCUT2D eigenvalue weighted by atomic mass is 9.92. The van der Waals surface area contributed by atoms with Crippen LogP contribution in [0.2, 0.25) is 0 Å². The van der Waals surface area contributed by atoms with E-state index in [0.29, 0.717) is 12.2 Å². The SMILES string of the molecule is CCOC(=O)/C(C)=C/c1cc2ccc1CCc1ccc(cc1)CC2. The molecule has 0 spiro atoms. The van der Waals surface area contributed by atoms with E-state index in [0.717, 1.165) is 31.2 Å². The van der Waals surface area contributed by atoms with E-state index in [9.17, 15) is 4.79 Å². The largest absolute Gasteiger partial charge is 0.463 e. The van der Waals surface area contributed by atoms with Crippen LogP contribution in [0.5, 0.6) is 0 Å². The maximum absolute atomic E-state index is 11.9. The van der Waals surface area contributed by atoms with Gasteiger partial charge in [0.2, 0.25) is 0 Å². The predicted molar refractivity (Wildman–Crippen MR) is 98.0 cm³/mol. The van der Waals surface area contributed by atoms with Gasteiger partial charge in [-0.15, -0.1) is 0 Å². The summed E-state index contributed by atoms with van der Waals surface area (Å²) in [6.07, 6.45) is 6.02. The summed E-state index contributed by atoms with van der Waals surface area (Å²) in [7, 11) is 0. The maximum atomic E-state index is 11.9. The third kappa shape index (κ3) is 3.94. The van der Waals surface area contributed by atoms with Gasteiger partial charge in [-0.3, -0.25) is 0 Å². The van der Waals surface area contributed by atoms with Crippen LogP contribution >= 0.6 is 0 Å². The van der Waals surface area contributed by atoms with Gasteiger partial charge in [0, 0.05) is 5.57 Å². The Labute approximate surface area is 144 Å². The Kier molecular flexibility index (Phi) is 5.14. The molecule has 0 fully saturated rings. The highest BCUT2D eigenvalue weighted by molar-refractivity contribution is 5.93. The first-order valence-electron chi connectivity index (χ1n) is 8.70. The van der Waals surface area contributed by atoms with Gasteiger partial charge >= 0.3 is 5.97 Å². The molecule has 24 heavy (non-hydrogen) atoms. The number of rotatable bonds is 3. The van der Waals surface area contributed by atoms with Crippen LogP contribution in [-0.2, 0) is 35.2 Å². The Morgan fingerprint density at radius 2 is 1.54 bits per heavy atom. The average Bonchev–Trinajstić information content (AvgIpc) is 2.58. The fourth-order valence-corrected chi connectivity index (χ4v) is 3.14. The molecule has 4 aliphatic rings. The zero-order valence-corrected chi connectivity index (χ0v) is 14.5. The molecule has 0 radical (unpaired) electrons. The molecule has 2 heteroatoms. The molecule has 0 saturated carbocycles. The van der Waals surface area contributed by atoms with Crippen molar-refractivity contribution < 1.29 is 9.53 Å². The van der Waals surface area contributed by atoms with Crippen molar-refractivity contribution in [1.29, 1.82) is 0 Å². The lowest BCUT2D eigenvalue weighted by Gasteiger charge is -2.13. The van der Waals surface area contributed by atoms with E-state index in [-0.39, 0.29) is 5.97 Å². The molecule has 0 N–H and O–H groups in total. The minimum Gasteiger partial charge on any atom is -0.463 e. The number of hydrogen-bond acceptors (Lipinski definition) is 2. The van der Waals surface area contributed by atoms with Crippen molar-refractivity contribution in [3.63, 3.8) is 0 Å². The van der Waals surface area contributed by atoms with Gasteiger partial charge in [-0.05, 0) is 73.4 Å². The van der Waals surface area contributed by atoms with E-state index in [1.165, 1.54) is 22.3 Å². The van der Waals surface area contributed by atoms with Gasteiger partial charge in [-0.1, -0.05) is 42.5 Å². The molecule has 0 heterocycles. The molecule has 2 aromatic carbocycles. The third-order valence-electron chi connectivity index (χ3n) is 4.59. The van der Waals surface area contributed by atoms with Crippen LogP contribution in [0.1, 0.15) is 41.7 Å². The molecule has 0 aromatic heterocycles. The highest BCUT2D eigenvalue weighted by atomic mass is 16.5. The smallest absolute Gasteiger partial charge is 0.333 e. The monoisotopic (exact) mass is 320 g/mol. The van der Waals surface area contributed by atoms with Crippen molar-refractivity contribution in [3.8, 4) is 0 Å². The van der Waals surface area contributed by atoms with Crippen molar-refractivity contribution in [2.24, 2.45) is 0 Å². The highest BCUT2D eigenvalue weighted by Gasteiger charge is 2.09. The Morgan fingerprint density at radius 3 is 2.21 bits per heavy atom. The Morgan fingerprint density at radius 1 is 0.958 bits per heavy atom. The van der Waals surface area contributed by atoms with Crippen molar-refractivity contribution in [2.45, 2.75) is 39.5 Å². The van der Waals surface area contributed by atoms with Gasteiger partial charge in [0.1, 0.15) is 0 Å². The first-order valence-corrected chi connectivity index (χ1v) is 8.70. The second kappa shape index (κ2) is 7.48. The second-order valence-electron chi connectivity index (χ2n) is 6.40. The first-order chi connectivity index (χ1) is 11.7. The second-order valence-corrected chi connectivity index (χ2v) is 6.40. The van der Waals surface area contributed by atoms with E-state index in [1.54, 1.807) is 0 Å². The van der Waals surface area contributed by atoms with Crippen molar-refractivity contribution in [1.82, 2.24) is 0 Å². The quantitative estimate of drug-likeness (QED) is 0.613. The molecular formula is C22H24O2. The van der Waals surface area contributed by atoms with Gasteiger partial charge < -0.3 is 4.74 Å². The summed E-state index contributed by atoms with van der Waals surface area (Å²) in [4.78, 5) is 11.9. The van der Waals surface area contributed by atoms with Crippen LogP contribution in [0.15, 0.2) is 48.0 Å². The molecule has 0 atom stereocenters. The van der Waals surface area contributed by atoms with Gasteiger partial charge in [-0.2, -0.15) is 0 Å². The van der Waals surface area contributed by atoms with Gasteiger partial charge in [0.25, 0.3) is 0 Å². The molecule has 4 bridgehead atoms. The van der Waals surface area contributed by atoms with E-state index in [2.05, 4.69) is 42.5 Å². The first kappa shape index (κ1) is 16.5. The third-order valence-corrected chi connectivity index (χ3v) is 4.59. The van der Waals surface area contributed by atoms with Crippen LogP contribution in [-0.4, -0.2) is 12.6 Å². The van der Waals surface area contributed by atoms with Gasteiger partial charge in [-0.25, -0.2) is 4.79 Å². The molecule has 0 amide bonds. The standard InChI is InChI=1S/C22H24O2/c1-3-24-22(23)16(2)14-21-15-19-9-8-17-4-6-18(7-5-17)10-12-20(21)13-11-19/h4-7,11,13-15H,3,8-10,12H2,1-2H3/b16-14+. The van der Waals surface area contributed by atoms with E-state index in [4.69, 9.17) is 4.74 Å². The number of hydrogen-bond donors (Lipinski definition) is 0. The lowest BCUT2D eigenvalue weighted by Crippen LogP contribution is -2.06. The zero-order valence-electron chi connectivity index (χ0n) is 14.5. The number of benzene rings is 2.